The number of pyridine rings is 1. The van der Waals surface area contributed by atoms with Gasteiger partial charge in [0.15, 0.2) is 5.13 Å². The van der Waals surface area contributed by atoms with E-state index in [1.54, 1.807) is 6.07 Å². The number of anilines is 1. The zero-order valence-electron chi connectivity index (χ0n) is 12.5. The third-order valence-electron chi connectivity index (χ3n) is 3.23. The van der Waals surface area contributed by atoms with Gasteiger partial charge in [0.2, 0.25) is 0 Å². The van der Waals surface area contributed by atoms with E-state index >= 15 is 0 Å². The minimum atomic E-state index is -0.289. The fraction of sp³-hybridized carbons (Fsp3) is 0.400. The van der Waals surface area contributed by atoms with Gasteiger partial charge in [-0.15, -0.1) is 11.3 Å². The molecule has 1 unspecified atom stereocenters. The van der Waals surface area contributed by atoms with Gasteiger partial charge >= 0.3 is 0 Å². The molecule has 1 N–H and O–H groups in total. The number of rotatable bonds is 5. The van der Waals surface area contributed by atoms with Gasteiger partial charge in [0, 0.05) is 36.2 Å². The Hall–Kier alpha value is -1.99. The lowest BCUT2D eigenvalue weighted by molar-refractivity contribution is -0.0721. The molecular formula is C15H17N3O3S. The SMILES string of the molecule is Cc1cc(OCC2CCO2)cc(C(=O)Nc2nc(C)cs2)n1. The average Bonchev–Trinajstić information content (AvgIpc) is 2.81. The van der Waals surface area contributed by atoms with Crippen LogP contribution in [0.1, 0.15) is 28.3 Å². The van der Waals surface area contributed by atoms with Crippen LogP contribution in [0.2, 0.25) is 0 Å². The van der Waals surface area contributed by atoms with Crippen molar-refractivity contribution in [2.75, 3.05) is 18.5 Å². The van der Waals surface area contributed by atoms with Gasteiger partial charge in [-0.25, -0.2) is 9.97 Å². The number of carbonyl (C=O) groups is 1. The Balaban J connectivity index is 1.68. The van der Waals surface area contributed by atoms with Crippen molar-refractivity contribution < 1.29 is 14.3 Å². The summed E-state index contributed by atoms with van der Waals surface area (Å²) < 4.78 is 11.0. The molecule has 2 aromatic rings. The van der Waals surface area contributed by atoms with E-state index in [-0.39, 0.29) is 12.0 Å². The Morgan fingerprint density at radius 2 is 2.23 bits per heavy atom. The summed E-state index contributed by atoms with van der Waals surface area (Å²) in [5.41, 5.74) is 1.92. The van der Waals surface area contributed by atoms with Gasteiger partial charge in [0.1, 0.15) is 18.1 Å². The van der Waals surface area contributed by atoms with Crippen LogP contribution in [0.15, 0.2) is 17.5 Å². The highest BCUT2D eigenvalue weighted by Gasteiger charge is 2.19. The van der Waals surface area contributed by atoms with Crippen LogP contribution in [-0.2, 0) is 4.74 Å². The van der Waals surface area contributed by atoms with Gasteiger partial charge < -0.3 is 9.47 Å². The highest BCUT2D eigenvalue weighted by Crippen LogP contribution is 2.19. The van der Waals surface area contributed by atoms with Gasteiger partial charge in [-0.05, 0) is 13.8 Å². The molecule has 7 heteroatoms. The minimum Gasteiger partial charge on any atom is -0.491 e. The number of thiazole rings is 1. The molecule has 3 rings (SSSR count). The zero-order valence-corrected chi connectivity index (χ0v) is 13.3. The zero-order chi connectivity index (χ0) is 15.5. The number of aromatic nitrogens is 2. The van der Waals surface area contributed by atoms with Gasteiger partial charge in [-0.1, -0.05) is 0 Å². The predicted molar refractivity (Wildman–Crippen MR) is 83.6 cm³/mol. The topological polar surface area (TPSA) is 73.3 Å². The maximum atomic E-state index is 12.2. The molecule has 1 saturated heterocycles. The van der Waals surface area contributed by atoms with Crippen LogP contribution >= 0.6 is 11.3 Å². The van der Waals surface area contributed by atoms with Crippen molar-refractivity contribution in [3.05, 3.63) is 34.6 Å². The first-order valence-electron chi connectivity index (χ1n) is 7.07. The van der Waals surface area contributed by atoms with Crippen LogP contribution in [0.4, 0.5) is 5.13 Å². The second kappa shape index (κ2) is 6.41. The number of hydrogen-bond donors (Lipinski definition) is 1. The number of nitrogens with zero attached hydrogens (tertiary/aromatic N) is 2. The van der Waals surface area contributed by atoms with Crippen molar-refractivity contribution >= 4 is 22.4 Å². The number of amides is 1. The Morgan fingerprint density at radius 1 is 1.41 bits per heavy atom. The van der Waals surface area contributed by atoms with E-state index in [9.17, 15) is 4.79 Å². The average molecular weight is 319 g/mol. The lowest BCUT2D eigenvalue weighted by atomic mass is 10.2. The largest absolute Gasteiger partial charge is 0.491 e. The summed E-state index contributed by atoms with van der Waals surface area (Å²) in [5, 5.41) is 5.19. The van der Waals surface area contributed by atoms with E-state index in [1.165, 1.54) is 11.3 Å². The molecule has 2 aromatic heterocycles. The Morgan fingerprint density at radius 3 is 2.86 bits per heavy atom. The number of ether oxygens (including phenoxy) is 2. The number of aryl methyl sites for hydroxylation is 2. The van der Waals surface area contributed by atoms with Crippen molar-refractivity contribution in [2.24, 2.45) is 0 Å². The quantitative estimate of drug-likeness (QED) is 0.917. The normalized spacial score (nSPS) is 16.9. The Kier molecular flexibility index (Phi) is 4.35. The lowest BCUT2D eigenvalue weighted by Gasteiger charge is -2.26. The van der Waals surface area contributed by atoms with Crippen molar-refractivity contribution in [2.45, 2.75) is 26.4 Å². The summed E-state index contributed by atoms with van der Waals surface area (Å²) in [6.45, 7) is 5.00. The van der Waals surface area contributed by atoms with E-state index in [0.717, 1.165) is 24.4 Å². The third kappa shape index (κ3) is 3.61. The predicted octanol–water partition coefficient (Wildman–Crippen LogP) is 2.57. The molecule has 0 aromatic carbocycles. The van der Waals surface area contributed by atoms with E-state index in [4.69, 9.17) is 9.47 Å². The summed E-state index contributed by atoms with van der Waals surface area (Å²) in [6.07, 6.45) is 1.17. The molecule has 116 valence electrons. The molecule has 0 saturated carbocycles. The monoisotopic (exact) mass is 319 g/mol. The summed E-state index contributed by atoms with van der Waals surface area (Å²) in [4.78, 5) is 20.7. The van der Waals surface area contributed by atoms with Crippen LogP contribution in [0, 0.1) is 13.8 Å². The highest BCUT2D eigenvalue weighted by molar-refractivity contribution is 7.13. The Bertz CT molecular complexity index is 682. The molecule has 3 heterocycles. The molecule has 0 bridgehead atoms. The fourth-order valence-corrected chi connectivity index (χ4v) is 2.70. The Labute approximate surface area is 132 Å². The van der Waals surface area contributed by atoms with E-state index in [2.05, 4.69) is 15.3 Å². The molecule has 1 fully saturated rings. The summed E-state index contributed by atoms with van der Waals surface area (Å²) in [7, 11) is 0. The first kappa shape index (κ1) is 14.9. The van der Waals surface area contributed by atoms with Crippen LogP contribution in [0.3, 0.4) is 0 Å². The molecule has 6 nitrogen and oxygen atoms in total. The summed E-state index contributed by atoms with van der Waals surface area (Å²) in [5.74, 6) is 0.339. The van der Waals surface area contributed by atoms with E-state index < -0.39 is 0 Å². The molecule has 1 amide bonds. The van der Waals surface area contributed by atoms with E-state index in [0.29, 0.717) is 23.2 Å². The highest BCUT2D eigenvalue weighted by atomic mass is 32.1. The maximum Gasteiger partial charge on any atom is 0.276 e. The van der Waals surface area contributed by atoms with Crippen molar-refractivity contribution in [1.29, 1.82) is 0 Å². The number of carbonyl (C=O) groups excluding carboxylic acids is 1. The van der Waals surface area contributed by atoms with Crippen LogP contribution < -0.4 is 10.1 Å². The molecule has 1 atom stereocenters. The lowest BCUT2D eigenvalue weighted by Crippen LogP contribution is -2.32. The third-order valence-corrected chi connectivity index (χ3v) is 4.10. The minimum absolute atomic E-state index is 0.157. The molecular weight excluding hydrogens is 302 g/mol. The fourth-order valence-electron chi connectivity index (χ4n) is 2.01. The summed E-state index contributed by atoms with van der Waals surface area (Å²) in [6, 6.07) is 3.45. The van der Waals surface area contributed by atoms with Crippen LogP contribution in [0.25, 0.3) is 0 Å². The molecule has 0 spiro atoms. The van der Waals surface area contributed by atoms with Crippen molar-refractivity contribution in [1.82, 2.24) is 9.97 Å². The number of nitrogens with one attached hydrogen (secondary N) is 1. The standard InChI is InChI=1S/C15H17N3O3S/c1-9-5-12(21-7-11-3-4-20-11)6-13(16-9)14(19)18-15-17-10(2)8-22-15/h5-6,8,11H,3-4,7H2,1-2H3,(H,17,18,19). The van der Waals surface area contributed by atoms with Crippen LogP contribution in [-0.4, -0.2) is 35.2 Å². The second-order valence-electron chi connectivity index (χ2n) is 5.17. The second-order valence-corrected chi connectivity index (χ2v) is 6.03. The van der Waals surface area contributed by atoms with Crippen LogP contribution in [0.5, 0.6) is 5.75 Å². The molecule has 1 aliphatic heterocycles. The first-order valence-corrected chi connectivity index (χ1v) is 7.95. The molecule has 0 radical (unpaired) electrons. The van der Waals surface area contributed by atoms with Gasteiger partial charge in [-0.3, -0.25) is 10.1 Å². The molecule has 0 aliphatic carbocycles. The number of hydrogen-bond acceptors (Lipinski definition) is 6. The first-order chi connectivity index (χ1) is 10.6. The summed E-state index contributed by atoms with van der Waals surface area (Å²) >= 11 is 1.39. The van der Waals surface area contributed by atoms with Crippen molar-refractivity contribution in [3.8, 4) is 5.75 Å². The van der Waals surface area contributed by atoms with Gasteiger partial charge in [0.25, 0.3) is 5.91 Å². The molecule has 22 heavy (non-hydrogen) atoms. The van der Waals surface area contributed by atoms with Crippen molar-refractivity contribution in [3.63, 3.8) is 0 Å². The maximum absolute atomic E-state index is 12.2. The smallest absolute Gasteiger partial charge is 0.276 e. The molecule has 1 aliphatic rings. The van der Waals surface area contributed by atoms with Gasteiger partial charge in [0.05, 0.1) is 11.8 Å². The van der Waals surface area contributed by atoms with E-state index in [1.807, 2.05) is 25.3 Å². The van der Waals surface area contributed by atoms with Gasteiger partial charge in [-0.2, -0.15) is 0 Å².